The molecule has 0 atom stereocenters. The molecule has 0 aliphatic heterocycles. The van der Waals surface area contributed by atoms with Gasteiger partial charge in [0.2, 0.25) is 0 Å². The Balaban J connectivity index is 1.43. The van der Waals surface area contributed by atoms with Gasteiger partial charge in [0.15, 0.2) is 0 Å². The van der Waals surface area contributed by atoms with Crippen molar-refractivity contribution < 1.29 is 13.5 Å². The molecule has 0 fully saturated rings. The summed E-state index contributed by atoms with van der Waals surface area (Å²) in [5.41, 5.74) is 6.11. The van der Waals surface area contributed by atoms with Crippen molar-refractivity contribution >= 4 is 0 Å². The molecule has 3 aromatic rings. The number of rotatable bonds is 7. The summed E-state index contributed by atoms with van der Waals surface area (Å²) in [5.74, 6) is 5.71. The number of unbranched alkanes of at least 4 members (excludes halogenated alkanes) is 4. The fourth-order valence-corrected chi connectivity index (χ4v) is 4.11. The van der Waals surface area contributed by atoms with Gasteiger partial charge in [0, 0.05) is 16.7 Å². The van der Waals surface area contributed by atoms with Gasteiger partial charge in [-0.05, 0) is 78.4 Å². The molecule has 0 heterocycles. The highest BCUT2D eigenvalue weighted by Crippen LogP contribution is 2.38. The Hall–Kier alpha value is -3.12. The molecule has 0 spiro atoms. The number of hydrogen-bond acceptors (Lipinski definition) is 1. The van der Waals surface area contributed by atoms with Gasteiger partial charge in [-0.25, -0.2) is 8.78 Å². The van der Waals surface area contributed by atoms with Gasteiger partial charge in [-0.15, -0.1) is 0 Å². The molecule has 164 valence electrons. The highest BCUT2D eigenvalue weighted by molar-refractivity contribution is 5.78. The summed E-state index contributed by atoms with van der Waals surface area (Å²) >= 11 is 0. The van der Waals surface area contributed by atoms with Crippen LogP contribution < -0.4 is 4.74 Å². The van der Waals surface area contributed by atoms with E-state index in [4.69, 9.17) is 4.74 Å². The lowest BCUT2D eigenvalue weighted by atomic mass is 10.0. The molecule has 0 N–H and O–H groups in total. The highest BCUT2D eigenvalue weighted by Gasteiger charge is 2.19. The van der Waals surface area contributed by atoms with Crippen LogP contribution in [0.2, 0.25) is 0 Å². The minimum Gasteiger partial charge on any atom is -0.494 e. The maximum Gasteiger partial charge on any atom is 0.130 e. The monoisotopic (exact) mass is 430 g/mol. The van der Waals surface area contributed by atoms with Crippen LogP contribution in [0.1, 0.15) is 66.8 Å². The van der Waals surface area contributed by atoms with E-state index in [-0.39, 0.29) is 5.56 Å². The van der Waals surface area contributed by atoms with Crippen molar-refractivity contribution in [1.29, 1.82) is 0 Å². The molecule has 0 saturated heterocycles. The fourth-order valence-electron chi connectivity index (χ4n) is 4.11. The Kier molecular flexibility index (Phi) is 6.90. The largest absolute Gasteiger partial charge is 0.494 e. The quantitative estimate of drug-likeness (QED) is 0.217. The summed E-state index contributed by atoms with van der Waals surface area (Å²) in [6.45, 7) is 4.40. The zero-order valence-electron chi connectivity index (χ0n) is 18.7. The van der Waals surface area contributed by atoms with Gasteiger partial charge >= 0.3 is 0 Å². The molecule has 3 heteroatoms. The average molecular weight is 431 g/mol. The molecule has 32 heavy (non-hydrogen) atoms. The minimum atomic E-state index is -0.572. The van der Waals surface area contributed by atoms with Gasteiger partial charge in [0.25, 0.3) is 0 Å². The second-order valence-corrected chi connectivity index (χ2v) is 8.45. The third kappa shape index (κ3) is 5.02. The van der Waals surface area contributed by atoms with Gasteiger partial charge in [0.1, 0.15) is 17.4 Å². The van der Waals surface area contributed by atoms with Gasteiger partial charge in [-0.2, -0.15) is 0 Å². The van der Waals surface area contributed by atoms with E-state index in [0.717, 1.165) is 30.8 Å². The van der Waals surface area contributed by atoms with Crippen molar-refractivity contribution in [2.45, 2.75) is 52.4 Å². The van der Waals surface area contributed by atoms with Gasteiger partial charge < -0.3 is 4.74 Å². The van der Waals surface area contributed by atoms with Crippen LogP contribution in [-0.4, -0.2) is 6.61 Å². The normalized spacial score (nSPS) is 11.5. The standard InChI is InChI=1S/C29H28F2O/c1-3-4-5-6-7-14-32-25-11-13-27-24(19-25)18-23-15-21(10-12-26(23)27)8-9-22-16-28(30)20(2)29(31)17-22/h10-13,15-17,19H,3-7,14,18H2,1-2H3. The molecule has 0 unspecified atom stereocenters. The first-order chi connectivity index (χ1) is 15.5. The molecule has 1 nitrogen and oxygen atoms in total. The fraction of sp³-hybridized carbons (Fsp3) is 0.310. The second kappa shape index (κ2) is 10.0. The Morgan fingerprint density at radius 1 is 0.781 bits per heavy atom. The average Bonchev–Trinajstić information content (AvgIpc) is 3.15. The van der Waals surface area contributed by atoms with Crippen LogP contribution in [0.25, 0.3) is 11.1 Å². The van der Waals surface area contributed by atoms with Crippen LogP contribution in [0, 0.1) is 30.4 Å². The number of ether oxygens (including phenoxy) is 1. The second-order valence-electron chi connectivity index (χ2n) is 8.45. The van der Waals surface area contributed by atoms with E-state index in [1.807, 2.05) is 12.1 Å². The number of hydrogen-bond donors (Lipinski definition) is 0. The molecule has 1 aliphatic rings. The van der Waals surface area contributed by atoms with E-state index in [9.17, 15) is 8.78 Å². The lowest BCUT2D eigenvalue weighted by Crippen LogP contribution is -1.97. The number of fused-ring (bicyclic) bond motifs is 3. The Bertz CT molecular complexity index is 1160. The first-order valence-electron chi connectivity index (χ1n) is 11.4. The van der Waals surface area contributed by atoms with Crippen molar-refractivity contribution in [3.05, 3.63) is 88.0 Å². The van der Waals surface area contributed by atoms with Crippen molar-refractivity contribution in [3.63, 3.8) is 0 Å². The predicted molar refractivity (Wildman–Crippen MR) is 126 cm³/mol. The molecular formula is C29H28F2O. The maximum absolute atomic E-state index is 13.8. The van der Waals surface area contributed by atoms with Crippen LogP contribution >= 0.6 is 0 Å². The van der Waals surface area contributed by atoms with Crippen LogP contribution in [-0.2, 0) is 6.42 Å². The predicted octanol–water partition coefficient (Wildman–Crippen LogP) is 7.59. The lowest BCUT2D eigenvalue weighted by Gasteiger charge is -2.08. The Labute approximate surface area is 189 Å². The number of halogens is 2. The van der Waals surface area contributed by atoms with E-state index in [1.165, 1.54) is 67.0 Å². The van der Waals surface area contributed by atoms with Crippen molar-refractivity contribution in [3.8, 4) is 28.7 Å². The molecule has 0 saturated carbocycles. The Morgan fingerprint density at radius 2 is 1.44 bits per heavy atom. The van der Waals surface area contributed by atoms with Crippen LogP contribution in [0.4, 0.5) is 8.78 Å². The molecule has 0 bridgehead atoms. The van der Waals surface area contributed by atoms with Crippen molar-refractivity contribution in [2.24, 2.45) is 0 Å². The topological polar surface area (TPSA) is 9.23 Å². The molecule has 0 aromatic heterocycles. The van der Waals surface area contributed by atoms with Gasteiger partial charge in [0.05, 0.1) is 6.61 Å². The van der Waals surface area contributed by atoms with Crippen LogP contribution in [0.15, 0.2) is 48.5 Å². The maximum atomic E-state index is 13.8. The summed E-state index contributed by atoms with van der Waals surface area (Å²) in [7, 11) is 0. The molecule has 1 aliphatic carbocycles. The minimum absolute atomic E-state index is 0.0192. The van der Waals surface area contributed by atoms with Gasteiger partial charge in [-0.3, -0.25) is 0 Å². The zero-order chi connectivity index (χ0) is 22.5. The summed E-state index contributed by atoms with van der Waals surface area (Å²) in [4.78, 5) is 0. The van der Waals surface area contributed by atoms with E-state index in [1.54, 1.807) is 0 Å². The van der Waals surface area contributed by atoms with E-state index < -0.39 is 11.6 Å². The summed E-state index contributed by atoms with van der Waals surface area (Å²) in [6.07, 6.45) is 6.97. The first kappa shape index (κ1) is 22.1. The van der Waals surface area contributed by atoms with E-state index >= 15 is 0 Å². The SMILES string of the molecule is CCCCCCCOc1ccc2c(c1)Cc1cc(C#Cc3cc(F)c(C)c(F)c3)ccc1-2. The summed E-state index contributed by atoms with van der Waals surface area (Å²) in [6, 6.07) is 15.0. The van der Waals surface area contributed by atoms with Crippen molar-refractivity contribution in [1.82, 2.24) is 0 Å². The zero-order valence-corrected chi connectivity index (χ0v) is 18.7. The van der Waals surface area contributed by atoms with E-state index in [2.05, 4.69) is 43.0 Å². The molecule has 4 rings (SSSR count). The van der Waals surface area contributed by atoms with E-state index in [0.29, 0.717) is 5.56 Å². The summed E-state index contributed by atoms with van der Waals surface area (Å²) in [5, 5.41) is 0. The van der Waals surface area contributed by atoms with Crippen LogP contribution in [0.3, 0.4) is 0 Å². The molecular weight excluding hydrogens is 402 g/mol. The van der Waals surface area contributed by atoms with Crippen LogP contribution in [0.5, 0.6) is 5.75 Å². The molecule has 3 aromatic carbocycles. The lowest BCUT2D eigenvalue weighted by molar-refractivity contribution is 0.304. The van der Waals surface area contributed by atoms with Crippen molar-refractivity contribution in [2.75, 3.05) is 6.61 Å². The van der Waals surface area contributed by atoms with Gasteiger partial charge in [-0.1, -0.05) is 56.6 Å². The smallest absolute Gasteiger partial charge is 0.130 e. The Morgan fingerprint density at radius 3 is 2.19 bits per heavy atom. The highest BCUT2D eigenvalue weighted by atomic mass is 19.1. The first-order valence-corrected chi connectivity index (χ1v) is 11.4. The third-order valence-corrected chi connectivity index (χ3v) is 6.00. The summed E-state index contributed by atoms with van der Waals surface area (Å²) < 4.78 is 33.5. The molecule has 0 amide bonds. The third-order valence-electron chi connectivity index (χ3n) is 6.00. The number of benzene rings is 3. The molecule has 0 radical (unpaired) electrons.